The van der Waals surface area contributed by atoms with Crippen LogP contribution in [0.4, 0.5) is 11.4 Å². The summed E-state index contributed by atoms with van der Waals surface area (Å²) in [6.07, 6.45) is 1.66. The maximum atomic E-state index is 11.8. The molecule has 4 aromatic carbocycles. The highest BCUT2D eigenvalue weighted by Gasteiger charge is 2.05. The van der Waals surface area contributed by atoms with Gasteiger partial charge in [0.2, 0.25) is 5.11 Å². The molecular weight excluding hydrogens is 416 g/mol. The second-order valence-electron chi connectivity index (χ2n) is 7.53. The molecule has 0 radical (unpaired) electrons. The van der Waals surface area contributed by atoms with Crippen molar-refractivity contribution in [2.45, 2.75) is 12.8 Å². The highest BCUT2D eigenvalue weighted by molar-refractivity contribution is 7.73. The van der Waals surface area contributed by atoms with E-state index in [0.29, 0.717) is 11.4 Å². The highest BCUT2D eigenvalue weighted by atomic mass is 32.2. The third-order valence-corrected chi connectivity index (χ3v) is 5.63. The van der Waals surface area contributed by atoms with Gasteiger partial charge in [-0.05, 0) is 59.4 Å². The van der Waals surface area contributed by atoms with Gasteiger partial charge in [-0.15, -0.1) is 0 Å². The molecule has 0 heterocycles. The Morgan fingerprint density at radius 1 is 0.500 bits per heavy atom. The van der Waals surface area contributed by atoms with E-state index in [1.54, 1.807) is 0 Å². The van der Waals surface area contributed by atoms with E-state index in [1.165, 1.54) is 11.1 Å². The van der Waals surface area contributed by atoms with Gasteiger partial charge in [-0.1, -0.05) is 84.9 Å². The van der Waals surface area contributed by atoms with Gasteiger partial charge in [0.05, 0.1) is 0 Å². The lowest BCUT2D eigenvalue weighted by Gasteiger charge is -2.11. The van der Waals surface area contributed by atoms with Crippen LogP contribution in [0.3, 0.4) is 0 Å². The van der Waals surface area contributed by atoms with E-state index < -0.39 is 10.3 Å². The summed E-state index contributed by atoms with van der Waals surface area (Å²) < 4.78 is 23.5. The van der Waals surface area contributed by atoms with Gasteiger partial charge >= 0.3 is 0 Å². The molecule has 2 N–H and O–H groups in total. The molecule has 4 nitrogen and oxygen atoms in total. The van der Waals surface area contributed by atoms with E-state index in [2.05, 4.69) is 34.9 Å². The number of hydrogen-bond donors (Lipinski definition) is 2. The average Bonchev–Trinajstić information content (AvgIpc) is 2.82. The molecule has 4 rings (SSSR count). The molecule has 0 saturated carbocycles. The molecule has 0 unspecified atom stereocenters. The SMILES string of the molecule is O=S(=O)=C(Nc1ccc(Cc2ccccc2)cc1)Nc1ccc(Cc2ccccc2)cc1. The van der Waals surface area contributed by atoms with Crippen LogP contribution in [0.25, 0.3) is 0 Å². The van der Waals surface area contributed by atoms with Gasteiger partial charge in [0, 0.05) is 11.4 Å². The van der Waals surface area contributed by atoms with Crippen molar-refractivity contribution in [2.75, 3.05) is 10.6 Å². The van der Waals surface area contributed by atoms with E-state index in [4.69, 9.17) is 0 Å². The van der Waals surface area contributed by atoms with E-state index in [0.717, 1.165) is 24.0 Å². The fourth-order valence-corrected chi connectivity index (χ4v) is 3.85. The number of nitrogens with one attached hydrogen (secondary N) is 2. The van der Waals surface area contributed by atoms with Gasteiger partial charge in [-0.3, -0.25) is 0 Å². The van der Waals surface area contributed by atoms with Crippen molar-refractivity contribution in [3.05, 3.63) is 131 Å². The van der Waals surface area contributed by atoms with Crippen LogP contribution >= 0.6 is 0 Å². The molecule has 0 aromatic heterocycles. The fraction of sp³-hybridized carbons (Fsp3) is 0.0741. The van der Waals surface area contributed by atoms with Crippen molar-refractivity contribution in [3.63, 3.8) is 0 Å². The average molecular weight is 441 g/mol. The summed E-state index contributed by atoms with van der Waals surface area (Å²) in [4.78, 5) is 0. The number of anilines is 2. The van der Waals surface area contributed by atoms with Gasteiger partial charge in [-0.2, -0.15) is 8.42 Å². The summed E-state index contributed by atoms with van der Waals surface area (Å²) in [7, 11) is -2.43. The van der Waals surface area contributed by atoms with Crippen LogP contribution in [0.2, 0.25) is 0 Å². The molecule has 0 bridgehead atoms. The van der Waals surface area contributed by atoms with E-state index in [-0.39, 0.29) is 5.11 Å². The summed E-state index contributed by atoms with van der Waals surface area (Å²) in [5, 5.41) is 5.94. The fourth-order valence-electron chi connectivity index (χ4n) is 3.45. The predicted molar refractivity (Wildman–Crippen MR) is 133 cm³/mol. The quantitative estimate of drug-likeness (QED) is 0.396. The summed E-state index contributed by atoms with van der Waals surface area (Å²) in [5.41, 5.74) is 6.20. The third kappa shape index (κ3) is 6.09. The van der Waals surface area contributed by atoms with Crippen molar-refractivity contribution in [3.8, 4) is 0 Å². The largest absolute Gasteiger partial charge is 0.329 e. The van der Waals surface area contributed by atoms with Crippen molar-refractivity contribution in [1.82, 2.24) is 0 Å². The Hall–Kier alpha value is -3.83. The molecule has 0 aliphatic rings. The molecular formula is C27H24N2O2S. The molecule has 0 aliphatic heterocycles. The van der Waals surface area contributed by atoms with Gasteiger partial charge in [-0.25, -0.2) is 0 Å². The minimum absolute atomic E-state index is 0.0108. The standard InChI is InChI=1S/C27H24N2O2S/c30-32(31)27(28-25-15-11-23(12-16-25)19-21-7-3-1-4-8-21)29-26-17-13-24(14-18-26)20-22-9-5-2-6-10-22/h1-18,28-29H,19-20H2. The topological polar surface area (TPSA) is 58.2 Å². The minimum Gasteiger partial charge on any atom is -0.329 e. The predicted octanol–water partition coefficient (Wildman–Crippen LogP) is 5.36. The van der Waals surface area contributed by atoms with Gasteiger partial charge < -0.3 is 10.6 Å². The first-order valence-electron chi connectivity index (χ1n) is 10.4. The van der Waals surface area contributed by atoms with Crippen molar-refractivity contribution >= 4 is 26.8 Å². The van der Waals surface area contributed by atoms with E-state index in [1.807, 2.05) is 84.9 Å². The van der Waals surface area contributed by atoms with E-state index in [9.17, 15) is 8.42 Å². The van der Waals surface area contributed by atoms with Gasteiger partial charge in [0.15, 0.2) is 0 Å². The van der Waals surface area contributed by atoms with Gasteiger partial charge in [0.25, 0.3) is 10.3 Å². The Balaban J connectivity index is 1.39. The third-order valence-electron chi connectivity index (χ3n) is 5.09. The molecule has 5 heteroatoms. The Kier molecular flexibility index (Phi) is 7.00. The van der Waals surface area contributed by atoms with Gasteiger partial charge in [0.1, 0.15) is 0 Å². The second-order valence-corrected chi connectivity index (χ2v) is 8.41. The van der Waals surface area contributed by atoms with Crippen molar-refractivity contribution in [1.29, 1.82) is 0 Å². The molecule has 0 amide bonds. The zero-order chi connectivity index (χ0) is 22.2. The first-order valence-corrected chi connectivity index (χ1v) is 11.5. The molecule has 0 atom stereocenters. The number of hydrogen-bond acceptors (Lipinski definition) is 2. The lowest BCUT2D eigenvalue weighted by molar-refractivity contribution is 0.627. The second kappa shape index (κ2) is 10.5. The first-order chi connectivity index (χ1) is 15.7. The maximum absolute atomic E-state index is 11.8. The van der Waals surface area contributed by atoms with Crippen LogP contribution in [-0.4, -0.2) is 13.5 Å². The van der Waals surface area contributed by atoms with Crippen LogP contribution in [-0.2, 0) is 23.1 Å². The zero-order valence-corrected chi connectivity index (χ0v) is 18.3. The van der Waals surface area contributed by atoms with E-state index >= 15 is 0 Å². The van der Waals surface area contributed by atoms with Crippen molar-refractivity contribution < 1.29 is 8.42 Å². The zero-order valence-electron chi connectivity index (χ0n) is 17.5. The molecule has 0 spiro atoms. The normalized spacial score (nSPS) is 10.4. The molecule has 0 aliphatic carbocycles. The monoisotopic (exact) mass is 440 g/mol. The highest BCUT2D eigenvalue weighted by Crippen LogP contribution is 2.16. The molecule has 32 heavy (non-hydrogen) atoms. The molecule has 0 saturated heterocycles. The summed E-state index contributed by atoms with van der Waals surface area (Å²) in [5.74, 6) is 0. The van der Waals surface area contributed by atoms with Crippen LogP contribution in [0.1, 0.15) is 22.3 Å². The lowest BCUT2D eigenvalue weighted by atomic mass is 10.0. The van der Waals surface area contributed by atoms with Crippen LogP contribution in [0, 0.1) is 0 Å². The lowest BCUT2D eigenvalue weighted by Crippen LogP contribution is -2.22. The van der Waals surface area contributed by atoms with Crippen LogP contribution in [0.15, 0.2) is 109 Å². The summed E-state index contributed by atoms with van der Waals surface area (Å²) >= 11 is 0. The molecule has 4 aromatic rings. The van der Waals surface area contributed by atoms with Crippen LogP contribution < -0.4 is 10.6 Å². The Morgan fingerprint density at radius 3 is 1.19 bits per heavy atom. The summed E-state index contributed by atoms with van der Waals surface area (Å²) in [6.45, 7) is 0. The molecule has 0 fully saturated rings. The Morgan fingerprint density at radius 2 is 0.844 bits per heavy atom. The molecule has 160 valence electrons. The van der Waals surface area contributed by atoms with Crippen LogP contribution in [0.5, 0.6) is 0 Å². The maximum Gasteiger partial charge on any atom is 0.256 e. The minimum atomic E-state index is -2.43. The van der Waals surface area contributed by atoms with Crippen molar-refractivity contribution in [2.24, 2.45) is 0 Å². The Bertz CT molecular complexity index is 1190. The Labute approximate surface area is 190 Å². The number of benzene rings is 4. The summed E-state index contributed by atoms with van der Waals surface area (Å²) in [6, 6.07) is 36.0. The number of rotatable bonds is 6. The smallest absolute Gasteiger partial charge is 0.256 e. The first kappa shape index (κ1) is 21.4.